The second-order valence-corrected chi connectivity index (χ2v) is 7.93. The highest BCUT2D eigenvalue weighted by Gasteiger charge is 2.15. The molecule has 0 fully saturated rings. The van der Waals surface area contributed by atoms with Gasteiger partial charge in [0.15, 0.2) is 11.5 Å². The van der Waals surface area contributed by atoms with Crippen LogP contribution in [0.3, 0.4) is 0 Å². The smallest absolute Gasteiger partial charge is 0.166 e. The molecule has 0 saturated carbocycles. The van der Waals surface area contributed by atoms with Gasteiger partial charge < -0.3 is 14.8 Å². The van der Waals surface area contributed by atoms with Gasteiger partial charge in [-0.2, -0.15) is 0 Å². The van der Waals surface area contributed by atoms with Crippen LogP contribution >= 0.6 is 23.2 Å². The minimum atomic E-state index is 0.283. The molecule has 0 aliphatic rings. The maximum absolute atomic E-state index is 6.17. The van der Waals surface area contributed by atoms with Crippen LogP contribution in [0.4, 0.5) is 0 Å². The van der Waals surface area contributed by atoms with Crippen LogP contribution in [0.15, 0.2) is 66.7 Å². The third kappa shape index (κ3) is 5.91. The monoisotopic (exact) mass is 443 g/mol. The summed E-state index contributed by atoms with van der Waals surface area (Å²) in [6, 6.07) is 22.3. The largest absolute Gasteiger partial charge is 0.493 e. The summed E-state index contributed by atoms with van der Waals surface area (Å²) >= 11 is 12.2. The molecule has 3 aromatic rings. The molecule has 0 aliphatic carbocycles. The third-order valence-corrected chi connectivity index (χ3v) is 5.70. The van der Waals surface area contributed by atoms with Crippen molar-refractivity contribution < 1.29 is 9.47 Å². The number of nitrogens with one attached hydrogen (secondary N) is 1. The van der Waals surface area contributed by atoms with E-state index in [9.17, 15) is 0 Å². The molecule has 0 aromatic heterocycles. The first kappa shape index (κ1) is 22.5. The Morgan fingerprint density at radius 1 is 0.933 bits per heavy atom. The van der Waals surface area contributed by atoms with Crippen LogP contribution in [0.5, 0.6) is 11.5 Å². The molecule has 0 aliphatic heterocycles. The van der Waals surface area contributed by atoms with Gasteiger partial charge in [0.1, 0.15) is 6.61 Å². The van der Waals surface area contributed by atoms with Gasteiger partial charge in [-0.3, -0.25) is 0 Å². The van der Waals surface area contributed by atoms with Gasteiger partial charge in [-0.15, -0.1) is 0 Å². The Hall–Kier alpha value is -2.20. The first-order valence-electron chi connectivity index (χ1n) is 10.1. The summed E-state index contributed by atoms with van der Waals surface area (Å²) in [4.78, 5) is 0. The molecule has 0 amide bonds. The van der Waals surface area contributed by atoms with Crippen molar-refractivity contribution in [3.8, 4) is 11.5 Å². The van der Waals surface area contributed by atoms with E-state index >= 15 is 0 Å². The Morgan fingerprint density at radius 2 is 1.73 bits per heavy atom. The van der Waals surface area contributed by atoms with Crippen LogP contribution < -0.4 is 14.8 Å². The average molecular weight is 444 g/mol. The SMILES string of the molecule is CCCC(NCc1cccc(OC)c1OCc1ccc(Cl)c(Cl)c1)c1ccccc1. The lowest BCUT2D eigenvalue weighted by atomic mass is 10.0. The Bertz CT molecular complexity index is 947. The number of methoxy groups -OCH3 is 1. The van der Waals surface area contributed by atoms with E-state index in [4.69, 9.17) is 32.7 Å². The minimum absolute atomic E-state index is 0.283. The first-order chi connectivity index (χ1) is 14.6. The number of rotatable bonds is 10. The van der Waals surface area contributed by atoms with Gasteiger partial charge >= 0.3 is 0 Å². The molecule has 3 aromatic carbocycles. The summed E-state index contributed by atoms with van der Waals surface area (Å²) in [5, 5.41) is 4.74. The zero-order chi connectivity index (χ0) is 21.3. The molecule has 0 heterocycles. The van der Waals surface area contributed by atoms with Gasteiger partial charge in [0, 0.05) is 18.2 Å². The van der Waals surface area contributed by atoms with Crippen LogP contribution in [-0.2, 0) is 13.2 Å². The fourth-order valence-electron chi connectivity index (χ4n) is 3.40. The molecular weight excluding hydrogens is 417 g/mol. The van der Waals surface area contributed by atoms with Crippen molar-refractivity contribution >= 4 is 23.2 Å². The van der Waals surface area contributed by atoms with E-state index in [0.717, 1.165) is 29.7 Å². The second kappa shape index (κ2) is 11.3. The molecule has 1 unspecified atom stereocenters. The highest BCUT2D eigenvalue weighted by molar-refractivity contribution is 6.42. The van der Waals surface area contributed by atoms with E-state index in [2.05, 4.69) is 42.6 Å². The number of hydrogen-bond donors (Lipinski definition) is 1. The number of hydrogen-bond acceptors (Lipinski definition) is 3. The van der Waals surface area contributed by atoms with Crippen molar-refractivity contribution in [2.45, 2.75) is 39.0 Å². The molecule has 1 atom stereocenters. The van der Waals surface area contributed by atoms with Gasteiger partial charge in [0.05, 0.1) is 17.2 Å². The van der Waals surface area contributed by atoms with E-state index in [0.29, 0.717) is 28.9 Å². The van der Waals surface area contributed by atoms with Crippen molar-refractivity contribution in [1.29, 1.82) is 0 Å². The van der Waals surface area contributed by atoms with E-state index in [-0.39, 0.29) is 6.04 Å². The molecule has 0 bridgehead atoms. The fraction of sp³-hybridized carbons (Fsp3) is 0.280. The van der Waals surface area contributed by atoms with Crippen LogP contribution in [-0.4, -0.2) is 7.11 Å². The molecule has 0 spiro atoms. The number of para-hydroxylation sites is 1. The Labute approximate surface area is 188 Å². The standard InChI is InChI=1S/C25H27Cl2NO2/c1-3-8-23(19-9-5-4-6-10-19)28-16-20-11-7-12-24(29-2)25(20)30-17-18-13-14-21(26)22(27)15-18/h4-7,9-15,23,28H,3,8,16-17H2,1-2H3. The number of halogens is 2. The highest BCUT2D eigenvalue weighted by Crippen LogP contribution is 2.33. The van der Waals surface area contributed by atoms with E-state index in [1.807, 2.05) is 30.3 Å². The quantitative estimate of drug-likeness (QED) is 0.358. The number of ether oxygens (including phenoxy) is 2. The third-order valence-electron chi connectivity index (χ3n) is 4.97. The fourth-order valence-corrected chi connectivity index (χ4v) is 3.72. The lowest BCUT2D eigenvalue weighted by Crippen LogP contribution is -2.21. The van der Waals surface area contributed by atoms with E-state index in [1.54, 1.807) is 13.2 Å². The van der Waals surface area contributed by atoms with Crippen LogP contribution in [0.2, 0.25) is 10.0 Å². The van der Waals surface area contributed by atoms with Gasteiger partial charge in [-0.05, 0) is 35.7 Å². The minimum Gasteiger partial charge on any atom is -0.493 e. The summed E-state index contributed by atoms with van der Waals surface area (Å²) in [5.74, 6) is 1.45. The molecule has 3 rings (SSSR count). The Balaban J connectivity index is 1.76. The zero-order valence-electron chi connectivity index (χ0n) is 17.3. The Morgan fingerprint density at radius 3 is 2.43 bits per heavy atom. The van der Waals surface area contributed by atoms with Crippen molar-refractivity contribution in [2.24, 2.45) is 0 Å². The molecule has 0 radical (unpaired) electrons. The topological polar surface area (TPSA) is 30.5 Å². The summed E-state index contributed by atoms with van der Waals surface area (Å²) in [6.45, 7) is 3.25. The van der Waals surface area contributed by atoms with Crippen LogP contribution in [0.25, 0.3) is 0 Å². The van der Waals surface area contributed by atoms with Crippen LogP contribution in [0, 0.1) is 0 Å². The normalized spacial score (nSPS) is 11.9. The molecule has 30 heavy (non-hydrogen) atoms. The van der Waals surface area contributed by atoms with Crippen molar-refractivity contribution in [3.05, 3.63) is 93.5 Å². The van der Waals surface area contributed by atoms with Crippen molar-refractivity contribution in [2.75, 3.05) is 7.11 Å². The molecular formula is C25H27Cl2NO2. The molecule has 1 N–H and O–H groups in total. The molecule has 0 saturated heterocycles. The molecule has 158 valence electrons. The summed E-state index contributed by atoms with van der Waals surface area (Å²) < 4.78 is 11.7. The summed E-state index contributed by atoms with van der Waals surface area (Å²) in [5.41, 5.74) is 3.29. The summed E-state index contributed by atoms with van der Waals surface area (Å²) in [7, 11) is 1.66. The average Bonchev–Trinajstić information content (AvgIpc) is 2.78. The molecule has 5 heteroatoms. The van der Waals surface area contributed by atoms with Gasteiger partial charge in [-0.1, -0.05) is 85.1 Å². The van der Waals surface area contributed by atoms with Gasteiger partial charge in [0.2, 0.25) is 0 Å². The zero-order valence-corrected chi connectivity index (χ0v) is 18.8. The Kier molecular flexibility index (Phi) is 8.44. The van der Waals surface area contributed by atoms with Gasteiger partial charge in [-0.25, -0.2) is 0 Å². The lowest BCUT2D eigenvalue weighted by Gasteiger charge is -2.21. The van der Waals surface area contributed by atoms with E-state index < -0.39 is 0 Å². The molecule has 3 nitrogen and oxygen atoms in total. The predicted molar refractivity (Wildman–Crippen MR) is 125 cm³/mol. The maximum atomic E-state index is 6.17. The van der Waals surface area contributed by atoms with Crippen LogP contribution in [0.1, 0.15) is 42.5 Å². The lowest BCUT2D eigenvalue weighted by molar-refractivity contribution is 0.280. The second-order valence-electron chi connectivity index (χ2n) is 7.12. The van der Waals surface area contributed by atoms with E-state index in [1.165, 1.54) is 5.56 Å². The summed E-state index contributed by atoms with van der Waals surface area (Å²) in [6.07, 6.45) is 2.17. The predicted octanol–water partition coefficient (Wildman–Crippen LogP) is 7.21. The number of benzene rings is 3. The first-order valence-corrected chi connectivity index (χ1v) is 10.9. The van der Waals surface area contributed by atoms with Gasteiger partial charge in [0.25, 0.3) is 0 Å². The highest BCUT2D eigenvalue weighted by atomic mass is 35.5. The maximum Gasteiger partial charge on any atom is 0.166 e. The van der Waals surface area contributed by atoms with Crippen molar-refractivity contribution in [3.63, 3.8) is 0 Å². The van der Waals surface area contributed by atoms with Crippen molar-refractivity contribution in [1.82, 2.24) is 5.32 Å².